The van der Waals surface area contributed by atoms with Crippen molar-refractivity contribution < 1.29 is 33.6 Å². The third-order valence-corrected chi connectivity index (χ3v) is 5.39. The summed E-state index contributed by atoms with van der Waals surface area (Å²) >= 11 is 0. The van der Waals surface area contributed by atoms with E-state index >= 15 is 0 Å². The van der Waals surface area contributed by atoms with Crippen LogP contribution in [0.15, 0.2) is 18.3 Å². The van der Waals surface area contributed by atoms with E-state index in [4.69, 9.17) is 0 Å². The maximum atomic E-state index is 12.9. The Morgan fingerprint density at radius 3 is 2.56 bits per heavy atom. The number of aliphatic hydroxyl groups excluding tert-OH is 4. The number of alkyl halides is 3. The van der Waals surface area contributed by atoms with Crippen molar-refractivity contribution in [1.29, 1.82) is 0 Å². The first-order valence-corrected chi connectivity index (χ1v) is 8.88. The highest BCUT2D eigenvalue weighted by atomic mass is 19.4. The zero-order chi connectivity index (χ0) is 19.8. The first kappa shape index (κ1) is 20.3. The van der Waals surface area contributed by atoms with E-state index in [1.807, 2.05) is 0 Å². The van der Waals surface area contributed by atoms with Gasteiger partial charge in [0.1, 0.15) is 18.0 Å². The van der Waals surface area contributed by atoms with Gasteiger partial charge >= 0.3 is 6.18 Å². The van der Waals surface area contributed by atoms with Crippen LogP contribution in [0.2, 0.25) is 0 Å². The van der Waals surface area contributed by atoms with Crippen LogP contribution in [-0.4, -0.2) is 87.4 Å². The lowest BCUT2D eigenvalue weighted by atomic mass is 9.93. The Balaban J connectivity index is 1.64. The van der Waals surface area contributed by atoms with Crippen LogP contribution >= 0.6 is 0 Å². The van der Waals surface area contributed by atoms with E-state index in [2.05, 4.69) is 4.98 Å². The maximum absolute atomic E-state index is 12.9. The van der Waals surface area contributed by atoms with Gasteiger partial charge in [0, 0.05) is 32.4 Å². The number of β-amino-alcohol motifs (C(OH)–C–C–N with tert-alkyl or cyclic N) is 1. The van der Waals surface area contributed by atoms with Gasteiger partial charge in [-0.15, -0.1) is 0 Å². The second-order valence-electron chi connectivity index (χ2n) is 7.25. The molecule has 3 rings (SSSR count). The van der Waals surface area contributed by atoms with E-state index in [0.717, 1.165) is 18.3 Å². The fraction of sp³-hybridized carbons (Fsp3) is 0.706. The average Bonchev–Trinajstić information content (AvgIpc) is 3.08. The van der Waals surface area contributed by atoms with Gasteiger partial charge in [0.2, 0.25) is 0 Å². The minimum absolute atomic E-state index is 0.0741. The minimum atomic E-state index is -4.42. The van der Waals surface area contributed by atoms with Crippen LogP contribution in [0.3, 0.4) is 0 Å². The molecule has 5 atom stereocenters. The molecule has 2 fully saturated rings. The zero-order valence-corrected chi connectivity index (χ0v) is 14.6. The Labute approximate surface area is 154 Å². The molecule has 2 saturated heterocycles. The molecule has 10 heteroatoms. The van der Waals surface area contributed by atoms with Crippen LogP contribution in [0.25, 0.3) is 0 Å². The first-order valence-electron chi connectivity index (χ1n) is 8.88. The van der Waals surface area contributed by atoms with Crippen molar-refractivity contribution in [3.8, 4) is 0 Å². The van der Waals surface area contributed by atoms with Crippen molar-refractivity contribution in [3.05, 3.63) is 23.9 Å². The fourth-order valence-corrected chi connectivity index (χ4v) is 3.88. The summed E-state index contributed by atoms with van der Waals surface area (Å²) in [5, 5.41) is 39.2. The predicted molar refractivity (Wildman–Crippen MR) is 90.0 cm³/mol. The van der Waals surface area contributed by atoms with E-state index in [0.29, 0.717) is 26.1 Å². The highest BCUT2D eigenvalue weighted by Gasteiger charge is 2.42. The summed E-state index contributed by atoms with van der Waals surface area (Å²) in [4.78, 5) is 7.55. The maximum Gasteiger partial charge on any atom is 0.416 e. The summed E-state index contributed by atoms with van der Waals surface area (Å²) in [6.45, 7) is 1.22. The van der Waals surface area contributed by atoms with Gasteiger partial charge in [-0.2, -0.15) is 13.2 Å². The SMILES string of the molecule is OC[C@H]1[C@@H](O)[C@H](O)[C@@H](O)CN1C[C@H]1CCN(c2cc(C(F)(F)F)ccn2)C1. The normalized spacial score (nSPS) is 32.9. The number of hydrogen-bond acceptors (Lipinski definition) is 7. The van der Waals surface area contributed by atoms with E-state index in [-0.39, 0.29) is 24.9 Å². The fourth-order valence-electron chi connectivity index (χ4n) is 3.88. The number of aromatic nitrogens is 1. The molecule has 27 heavy (non-hydrogen) atoms. The van der Waals surface area contributed by atoms with Gasteiger partial charge in [-0.05, 0) is 24.5 Å². The largest absolute Gasteiger partial charge is 0.416 e. The molecule has 7 nitrogen and oxygen atoms in total. The molecule has 2 aliphatic heterocycles. The average molecular weight is 391 g/mol. The molecule has 0 aromatic carbocycles. The van der Waals surface area contributed by atoms with Crippen LogP contribution in [0.4, 0.5) is 19.0 Å². The van der Waals surface area contributed by atoms with E-state index in [9.17, 15) is 33.6 Å². The van der Waals surface area contributed by atoms with Gasteiger partial charge in [0.15, 0.2) is 0 Å². The molecule has 0 aliphatic carbocycles. The number of aliphatic hydroxyl groups is 4. The smallest absolute Gasteiger partial charge is 0.395 e. The number of hydrogen-bond donors (Lipinski definition) is 4. The molecule has 0 radical (unpaired) electrons. The van der Waals surface area contributed by atoms with Crippen molar-refractivity contribution in [2.45, 2.75) is 37.0 Å². The molecular weight excluding hydrogens is 367 g/mol. The van der Waals surface area contributed by atoms with Gasteiger partial charge in [-0.1, -0.05) is 0 Å². The minimum Gasteiger partial charge on any atom is -0.395 e. The molecule has 0 unspecified atom stereocenters. The van der Waals surface area contributed by atoms with Crippen molar-refractivity contribution >= 4 is 5.82 Å². The molecule has 0 spiro atoms. The standard InChI is InChI=1S/C17H24F3N3O4/c18-17(19,20)11-1-3-21-14(5-11)22-4-2-10(6-22)7-23-8-13(25)16(27)15(26)12(23)9-24/h1,3,5,10,12-13,15-16,24-27H,2,4,6-9H2/t10-,12-,13-,15+,16+/m0/s1. The van der Waals surface area contributed by atoms with Crippen LogP contribution in [-0.2, 0) is 6.18 Å². The van der Waals surface area contributed by atoms with Crippen molar-refractivity contribution in [2.75, 3.05) is 37.7 Å². The Morgan fingerprint density at radius 1 is 1.15 bits per heavy atom. The Kier molecular flexibility index (Phi) is 5.92. The Bertz CT molecular complexity index is 648. The van der Waals surface area contributed by atoms with Gasteiger partial charge in [0.05, 0.1) is 24.3 Å². The molecule has 2 aliphatic rings. The van der Waals surface area contributed by atoms with Crippen LogP contribution < -0.4 is 4.90 Å². The number of anilines is 1. The van der Waals surface area contributed by atoms with Crippen molar-refractivity contribution in [2.24, 2.45) is 5.92 Å². The monoisotopic (exact) mass is 391 g/mol. The molecule has 0 amide bonds. The molecule has 0 bridgehead atoms. The van der Waals surface area contributed by atoms with Crippen molar-refractivity contribution in [3.63, 3.8) is 0 Å². The van der Waals surface area contributed by atoms with Gasteiger partial charge in [0.25, 0.3) is 0 Å². The van der Waals surface area contributed by atoms with Crippen molar-refractivity contribution in [1.82, 2.24) is 9.88 Å². The van der Waals surface area contributed by atoms with E-state index in [1.165, 1.54) is 0 Å². The summed E-state index contributed by atoms with van der Waals surface area (Å²) in [7, 11) is 0. The number of halogens is 3. The second-order valence-corrected chi connectivity index (χ2v) is 7.25. The summed E-state index contributed by atoms with van der Waals surface area (Å²) in [5.41, 5.74) is -0.743. The molecule has 152 valence electrons. The van der Waals surface area contributed by atoms with Crippen LogP contribution in [0.5, 0.6) is 0 Å². The van der Waals surface area contributed by atoms with Gasteiger partial charge in [-0.3, -0.25) is 4.90 Å². The molecule has 3 heterocycles. The molecule has 1 aromatic heterocycles. The summed E-state index contributed by atoms with van der Waals surface area (Å²) in [6, 6.07) is 1.28. The first-order chi connectivity index (χ1) is 12.7. The lowest BCUT2D eigenvalue weighted by Gasteiger charge is -2.44. The predicted octanol–water partition coefficient (Wildman–Crippen LogP) is -0.314. The molecule has 0 saturated carbocycles. The highest BCUT2D eigenvalue weighted by molar-refractivity contribution is 5.43. The number of pyridine rings is 1. The number of rotatable bonds is 4. The second kappa shape index (κ2) is 7.88. The Morgan fingerprint density at radius 2 is 1.89 bits per heavy atom. The van der Waals surface area contributed by atoms with E-state index < -0.39 is 36.1 Å². The molecular formula is C17H24F3N3O4. The quantitative estimate of drug-likeness (QED) is 0.559. The van der Waals surface area contributed by atoms with Crippen LogP contribution in [0, 0.1) is 5.92 Å². The lowest BCUT2D eigenvalue weighted by Crippen LogP contribution is -2.63. The topological polar surface area (TPSA) is 100 Å². The number of nitrogens with zero attached hydrogens (tertiary/aromatic N) is 3. The van der Waals surface area contributed by atoms with Gasteiger partial charge in [-0.25, -0.2) is 4.98 Å². The van der Waals surface area contributed by atoms with Crippen LogP contribution in [0.1, 0.15) is 12.0 Å². The third kappa shape index (κ3) is 4.35. The Hall–Kier alpha value is -1.46. The summed E-state index contributed by atoms with van der Waals surface area (Å²) in [6.07, 6.45) is -6.26. The lowest BCUT2D eigenvalue weighted by molar-refractivity contribution is -0.146. The summed E-state index contributed by atoms with van der Waals surface area (Å²) < 4.78 is 38.6. The van der Waals surface area contributed by atoms with Gasteiger partial charge < -0.3 is 25.3 Å². The van der Waals surface area contributed by atoms with E-state index in [1.54, 1.807) is 9.80 Å². The number of piperidine rings is 1. The highest BCUT2D eigenvalue weighted by Crippen LogP contribution is 2.32. The summed E-state index contributed by atoms with van der Waals surface area (Å²) in [5.74, 6) is 0.338. The molecule has 1 aromatic rings. The zero-order valence-electron chi connectivity index (χ0n) is 14.6. The number of likely N-dealkylation sites (tertiary alicyclic amines) is 1. The third-order valence-electron chi connectivity index (χ3n) is 5.39. The molecule has 4 N–H and O–H groups in total.